The molecule has 0 fully saturated rings. The highest BCUT2D eigenvalue weighted by atomic mass is 35.5. The summed E-state index contributed by atoms with van der Waals surface area (Å²) in [7, 11) is 0. The quantitative estimate of drug-likeness (QED) is 0.858. The Bertz CT molecular complexity index is 615. The number of benzene rings is 1. The summed E-state index contributed by atoms with van der Waals surface area (Å²) in [6.07, 6.45) is 0.682. The first-order valence-corrected chi connectivity index (χ1v) is 7.46. The Labute approximate surface area is 126 Å². The van der Waals surface area contributed by atoms with E-state index in [0.29, 0.717) is 28.2 Å². The van der Waals surface area contributed by atoms with Crippen LogP contribution in [0.15, 0.2) is 27.8 Å². The lowest BCUT2D eigenvalue weighted by Crippen LogP contribution is -2.14. The van der Waals surface area contributed by atoms with Crippen LogP contribution < -0.4 is 5.32 Å². The van der Waals surface area contributed by atoms with Crippen LogP contribution >= 0.6 is 23.4 Å². The van der Waals surface area contributed by atoms with E-state index >= 15 is 0 Å². The van der Waals surface area contributed by atoms with Gasteiger partial charge in [-0.2, -0.15) is 0 Å². The normalized spacial score (nSPS) is 10.6. The number of aryl methyl sites for hydroxylation is 1. The second kappa shape index (κ2) is 6.76. The first-order valence-electron chi connectivity index (χ1n) is 6.10. The largest absolute Gasteiger partial charge is 0.416 e. The van der Waals surface area contributed by atoms with Crippen molar-refractivity contribution in [2.45, 2.75) is 25.5 Å². The zero-order chi connectivity index (χ0) is 14.5. The second-order valence-corrected chi connectivity index (χ2v) is 5.40. The number of anilines is 1. The fourth-order valence-electron chi connectivity index (χ4n) is 1.50. The SMILES string of the molecule is CCc1nnc(SCC(=O)Nc2cccc(Cl)c2C)o1. The van der Waals surface area contributed by atoms with Crippen LogP contribution in [0.25, 0.3) is 0 Å². The summed E-state index contributed by atoms with van der Waals surface area (Å²) in [5, 5.41) is 11.5. The molecule has 1 aromatic carbocycles. The van der Waals surface area contributed by atoms with Gasteiger partial charge in [-0.05, 0) is 24.6 Å². The highest BCUT2D eigenvalue weighted by Gasteiger charge is 2.10. The molecule has 0 aliphatic rings. The predicted octanol–water partition coefficient (Wildman–Crippen LogP) is 3.32. The maximum Gasteiger partial charge on any atom is 0.277 e. The lowest BCUT2D eigenvalue weighted by atomic mass is 10.2. The monoisotopic (exact) mass is 311 g/mol. The molecule has 2 aromatic rings. The molecule has 1 N–H and O–H groups in total. The first-order chi connectivity index (χ1) is 9.60. The van der Waals surface area contributed by atoms with E-state index in [1.807, 2.05) is 19.9 Å². The van der Waals surface area contributed by atoms with Crippen molar-refractivity contribution in [3.8, 4) is 0 Å². The number of halogens is 1. The summed E-state index contributed by atoms with van der Waals surface area (Å²) >= 11 is 7.21. The van der Waals surface area contributed by atoms with Crippen LogP contribution in [-0.4, -0.2) is 21.9 Å². The average molecular weight is 312 g/mol. The number of hydrogen-bond donors (Lipinski definition) is 1. The molecule has 1 heterocycles. The maximum absolute atomic E-state index is 11.9. The summed E-state index contributed by atoms with van der Waals surface area (Å²) in [6.45, 7) is 3.78. The molecule has 1 aromatic heterocycles. The van der Waals surface area contributed by atoms with Crippen molar-refractivity contribution in [3.05, 3.63) is 34.7 Å². The minimum atomic E-state index is -0.142. The van der Waals surface area contributed by atoms with E-state index < -0.39 is 0 Å². The Kier molecular flexibility index (Phi) is 5.03. The molecule has 1 amide bonds. The molecule has 0 radical (unpaired) electrons. The van der Waals surface area contributed by atoms with Crippen LogP contribution in [0.2, 0.25) is 5.02 Å². The molecule has 0 unspecified atom stereocenters. The maximum atomic E-state index is 11.9. The summed E-state index contributed by atoms with van der Waals surface area (Å²) in [5.41, 5.74) is 1.56. The first kappa shape index (κ1) is 14.9. The Morgan fingerprint density at radius 3 is 2.95 bits per heavy atom. The molecule has 0 saturated heterocycles. The van der Waals surface area contributed by atoms with Crippen LogP contribution in [0.5, 0.6) is 0 Å². The Hall–Kier alpha value is -1.53. The molecule has 0 bridgehead atoms. The molecule has 7 heteroatoms. The van der Waals surface area contributed by atoms with Gasteiger partial charge in [0.1, 0.15) is 0 Å². The number of thioether (sulfide) groups is 1. The van der Waals surface area contributed by atoms with E-state index in [2.05, 4.69) is 15.5 Å². The highest BCUT2D eigenvalue weighted by molar-refractivity contribution is 7.99. The molecule has 0 aliphatic carbocycles. The van der Waals surface area contributed by atoms with E-state index in [-0.39, 0.29) is 11.7 Å². The van der Waals surface area contributed by atoms with Crippen molar-refractivity contribution in [1.82, 2.24) is 10.2 Å². The van der Waals surface area contributed by atoms with E-state index in [1.54, 1.807) is 12.1 Å². The Morgan fingerprint density at radius 1 is 1.45 bits per heavy atom. The summed E-state index contributed by atoms with van der Waals surface area (Å²) in [4.78, 5) is 11.9. The van der Waals surface area contributed by atoms with Crippen LogP contribution in [0.3, 0.4) is 0 Å². The van der Waals surface area contributed by atoms with Gasteiger partial charge in [-0.15, -0.1) is 10.2 Å². The second-order valence-electron chi connectivity index (χ2n) is 4.06. The molecule has 2 rings (SSSR count). The molecule has 0 spiro atoms. The van der Waals surface area contributed by atoms with Gasteiger partial charge in [0, 0.05) is 17.1 Å². The van der Waals surface area contributed by atoms with Crippen molar-refractivity contribution < 1.29 is 9.21 Å². The van der Waals surface area contributed by atoms with Gasteiger partial charge in [0.2, 0.25) is 11.8 Å². The van der Waals surface area contributed by atoms with E-state index in [0.717, 1.165) is 5.56 Å². The smallest absolute Gasteiger partial charge is 0.277 e. The molecular weight excluding hydrogens is 298 g/mol. The minimum absolute atomic E-state index is 0.142. The molecule has 5 nitrogen and oxygen atoms in total. The van der Waals surface area contributed by atoms with Gasteiger partial charge in [-0.25, -0.2) is 0 Å². The average Bonchev–Trinajstić information content (AvgIpc) is 2.90. The van der Waals surface area contributed by atoms with Crippen LogP contribution in [0.4, 0.5) is 5.69 Å². The van der Waals surface area contributed by atoms with Crippen molar-refractivity contribution in [2.75, 3.05) is 11.1 Å². The van der Waals surface area contributed by atoms with E-state index in [1.165, 1.54) is 11.8 Å². The van der Waals surface area contributed by atoms with Crippen molar-refractivity contribution in [1.29, 1.82) is 0 Å². The third-order valence-corrected chi connectivity index (χ3v) is 3.85. The van der Waals surface area contributed by atoms with Crippen molar-refractivity contribution >= 4 is 35.0 Å². The van der Waals surface area contributed by atoms with Gasteiger partial charge >= 0.3 is 0 Å². The molecule has 0 aliphatic heterocycles. The third kappa shape index (κ3) is 3.74. The standard InChI is InChI=1S/C13H14ClN3O2S/c1-3-12-16-17-13(19-12)20-7-11(18)15-10-6-4-5-9(14)8(10)2/h4-6H,3,7H2,1-2H3,(H,15,18). The zero-order valence-corrected chi connectivity index (χ0v) is 12.7. The number of nitrogens with zero attached hydrogens (tertiary/aromatic N) is 2. The van der Waals surface area contributed by atoms with Gasteiger partial charge in [-0.3, -0.25) is 4.79 Å². The number of hydrogen-bond acceptors (Lipinski definition) is 5. The van der Waals surface area contributed by atoms with Gasteiger partial charge in [-0.1, -0.05) is 36.4 Å². The summed E-state index contributed by atoms with van der Waals surface area (Å²) in [6, 6.07) is 5.39. The summed E-state index contributed by atoms with van der Waals surface area (Å²) < 4.78 is 5.32. The van der Waals surface area contributed by atoms with Gasteiger partial charge in [0.05, 0.1) is 5.75 Å². The fourth-order valence-corrected chi connectivity index (χ4v) is 2.25. The number of nitrogens with one attached hydrogen (secondary N) is 1. The van der Waals surface area contributed by atoms with Crippen molar-refractivity contribution in [2.24, 2.45) is 0 Å². The number of rotatable bonds is 5. The highest BCUT2D eigenvalue weighted by Crippen LogP contribution is 2.23. The lowest BCUT2D eigenvalue weighted by molar-refractivity contribution is -0.113. The van der Waals surface area contributed by atoms with Gasteiger partial charge in [0.15, 0.2) is 0 Å². The predicted molar refractivity (Wildman–Crippen MR) is 79.2 cm³/mol. The van der Waals surface area contributed by atoms with E-state index in [9.17, 15) is 4.79 Å². The van der Waals surface area contributed by atoms with Gasteiger partial charge < -0.3 is 9.73 Å². The number of aromatic nitrogens is 2. The number of amides is 1. The van der Waals surface area contributed by atoms with Crippen LogP contribution in [0, 0.1) is 6.92 Å². The van der Waals surface area contributed by atoms with Gasteiger partial charge in [0.25, 0.3) is 5.22 Å². The Balaban J connectivity index is 1.91. The Morgan fingerprint density at radius 2 is 2.25 bits per heavy atom. The lowest BCUT2D eigenvalue weighted by Gasteiger charge is -2.08. The number of carbonyl (C=O) groups is 1. The molecule has 0 saturated carbocycles. The molecule has 20 heavy (non-hydrogen) atoms. The fraction of sp³-hybridized carbons (Fsp3) is 0.308. The van der Waals surface area contributed by atoms with Crippen molar-refractivity contribution in [3.63, 3.8) is 0 Å². The van der Waals surface area contributed by atoms with Crippen LogP contribution in [-0.2, 0) is 11.2 Å². The molecular formula is C13H14ClN3O2S. The third-order valence-electron chi connectivity index (χ3n) is 2.62. The molecule has 0 atom stereocenters. The summed E-state index contributed by atoms with van der Waals surface area (Å²) in [5.74, 6) is 0.632. The van der Waals surface area contributed by atoms with E-state index in [4.69, 9.17) is 16.0 Å². The molecule has 106 valence electrons. The zero-order valence-electron chi connectivity index (χ0n) is 11.1. The topological polar surface area (TPSA) is 68.0 Å². The minimum Gasteiger partial charge on any atom is -0.416 e. The number of carbonyl (C=O) groups excluding carboxylic acids is 1. The van der Waals surface area contributed by atoms with Crippen LogP contribution in [0.1, 0.15) is 18.4 Å².